The van der Waals surface area contributed by atoms with Crippen molar-refractivity contribution in [3.63, 3.8) is 0 Å². The van der Waals surface area contributed by atoms with Crippen LogP contribution in [0.1, 0.15) is 26.2 Å². The second-order valence-electron chi connectivity index (χ2n) is 3.03. The summed E-state index contributed by atoms with van der Waals surface area (Å²) in [5.41, 5.74) is 5.76. The van der Waals surface area contributed by atoms with E-state index in [-0.39, 0.29) is 6.04 Å². The van der Waals surface area contributed by atoms with Gasteiger partial charge in [-0.2, -0.15) is 0 Å². The van der Waals surface area contributed by atoms with Crippen molar-refractivity contribution in [1.29, 1.82) is 0 Å². The molecule has 2 heteroatoms. The molecule has 0 bridgehead atoms. The molecule has 0 radical (unpaired) electrons. The van der Waals surface area contributed by atoms with E-state index in [1.807, 2.05) is 12.2 Å². The topological polar surface area (TPSA) is 35.2 Å². The van der Waals surface area contributed by atoms with Crippen LogP contribution in [0.25, 0.3) is 0 Å². The molecule has 1 atom stereocenters. The highest BCUT2D eigenvalue weighted by Gasteiger charge is 2.00. The highest BCUT2D eigenvalue weighted by Crippen LogP contribution is 2.09. The molecule has 1 heterocycles. The molecule has 1 aliphatic heterocycles. The summed E-state index contributed by atoms with van der Waals surface area (Å²) in [7, 11) is 0. The zero-order valence-corrected chi connectivity index (χ0v) is 7.62. The van der Waals surface area contributed by atoms with Crippen molar-refractivity contribution in [3.8, 4) is 0 Å². The third kappa shape index (κ3) is 3.09. The van der Waals surface area contributed by atoms with E-state index in [2.05, 4.69) is 13.0 Å². The quantitative estimate of drug-likeness (QED) is 0.682. The zero-order chi connectivity index (χ0) is 8.81. The van der Waals surface area contributed by atoms with Crippen LogP contribution in [-0.2, 0) is 4.74 Å². The Morgan fingerprint density at radius 3 is 3.33 bits per heavy atom. The van der Waals surface area contributed by atoms with E-state index in [1.54, 1.807) is 0 Å². The van der Waals surface area contributed by atoms with Gasteiger partial charge in [-0.1, -0.05) is 13.0 Å². The van der Waals surface area contributed by atoms with Gasteiger partial charge in [-0.15, -0.1) is 0 Å². The largest absolute Gasteiger partial charge is 0.494 e. The molecule has 12 heavy (non-hydrogen) atoms. The fourth-order valence-electron chi connectivity index (χ4n) is 1.07. The van der Waals surface area contributed by atoms with E-state index in [4.69, 9.17) is 10.5 Å². The molecule has 1 aliphatic rings. The summed E-state index contributed by atoms with van der Waals surface area (Å²) in [5, 5.41) is 0. The average molecular weight is 167 g/mol. The lowest BCUT2D eigenvalue weighted by Crippen LogP contribution is -2.15. The van der Waals surface area contributed by atoms with Crippen LogP contribution in [0.4, 0.5) is 0 Å². The Labute approximate surface area is 74.1 Å². The molecule has 0 aliphatic carbocycles. The van der Waals surface area contributed by atoms with E-state index in [9.17, 15) is 0 Å². The molecule has 1 rings (SSSR count). The Hall–Kier alpha value is -0.760. The number of hydrogen-bond donors (Lipinski definition) is 1. The van der Waals surface area contributed by atoms with Crippen LogP contribution in [0, 0.1) is 0 Å². The van der Waals surface area contributed by atoms with Gasteiger partial charge in [0.05, 0.1) is 6.61 Å². The molecule has 1 unspecified atom stereocenters. The Balaban J connectivity index is 2.52. The average Bonchev–Trinajstić information content (AvgIpc) is 2.33. The molecule has 0 aromatic rings. The standard InChI is InChI=1S/C10H17NO/c1-2-9(11)8-10-6-4-3-5-7-12-10/h4,6,8-9H,2-3,5,7,11H2,1H3. The lowest BCUT2D eigenvalue weighted by atomic mass is 10.2. The summed E-state index contributed by atoms with van der Waals surface area (Å²) < 4.78 is 5.47. The van der Waals surface area contributed by atoms with E-state index >= 15 is 0 Å². The van der Waals surface area contributed by atoms with Gasteiger partial charge in [0.2, 0.25) is 0 Å². The zero-order valence-electron chi connectivity index (χ0n) is 7.62. The fourth-order valence-corrected chi connectivity index (χ4v) is 1.07. The molecule has 0 amide bonds. The maximum absolute atomic E-state index is 5.76. The van der Waals surface area contributed by atoms with E-state index in [0.717, 1.165) is 31.6 Å². The molecule has 0 aromatic carbocycles. The van der Waals surface area contributed by atoms with Crippen molar-refractivity contribution < 1.29 is 4.74 Å². The van der Waals surface area contributed by atoms with Gasteiger partial charge in [0.15, 0.2) is 0 Å². The Kier molecular flexibility index (Phi) is 3.88. The lowest BCUT2D eigenvalue weighted by Gasteiger charge is -2.06. The normalized spacial score (nSPS) is 23.3. The third-order valence-electron chi connectivity index (χ3n) is 1.92. The van der Waals surface area contributed by atoms with Gasteiger partial charge < -0.3 is 10.5 Å². The third-order valence-corrected chi connectivity index (χ3v) is 1.92. The van der Waals surface area contributed by atoms with Crippen molar-refractivity contribution in [2.75, 3.05) is 6.61 Å². The predicted octanol–water partition coefficient (Wildman–Crippen LogP) is 1.97. The first-order valence-corrected chi connectivity index (χ1v) is 4.59. The molecule has 0 fully saturated rings. The van der Waals surface area contributed by atoms with Crippen molar-refractivity contribution in [1.82, 2.24) is 0 Å². The predicted molar refractivity (Wildman–Crippen MR) is 50.7 cm³/mol. The molecule has 68 valence electrons. The minimum Gasteiger partial charge on any atom is -0.494 e. The SMILES string of the molecule is CCC(N)C=C1C=CCCCO1. The lowest BCUT2D eigenvalue weighted by molar-refractivity contribution is 0.224. The number of rotatable bonds is 2. The van der Waals surface area contributed by atoms with Gasteiger partial charge in [0, 0.05) is 6.04 Å². The van der Waals surface area contributed by atoms with Gasteiger partial charge in [-0.25, -0.2) is 0 Å². The first kappa shape index (κ1) is 9.33. The van der Waals surface area contributed by atoms with Gasteiger partial charge in [0.25, 0.3) is 0 Å². The Morgan fingerprint density at radius 2 is 2.58 bits per heavy atom. The molecule has 0 aromatic heterocycles. The smallest absolute Gasteiger partial charge is 0.116 e. The minimum absolute atomic E-state index is 0.128. The van der Waals surface area contributed by atoms with Gasteiger partial charge in [-0.05, 0) is 31.4 Å². The van der Waals surface area contributed by atoms with Gasteiger partial charge in [-0.3, -0.25) is 0 Å². The summed E-state index contributed by atoms with van der Waals surface area (Å²) in [5.74, 6) is 0.932. The molecular weight excluding hydrogens is 150 g/mol. The maximum Gasteiger partial charge on any atom is 0.116 e. The second kappa shape index (κ2) is 4.99. The van der Waals surface area contributed by atoms with Gasteiger partial charge in [0.1, 0.15) is 5.76 Å². The summed E-state index contributed by atoms with van der Waals surface area (Å²) in [6, 6.07) is 0.128. The van der Waals surface area contributed by atoms with Crippen molar-refractivity contribution in [3.05, 3.63) is 24.0 Å². The second-order valence-corrected chi connectivity index (χ2v) is 3.03. The van der Waals surface area contributed by atoms with Crippen molar-refractivity contribution in [2.24, 2.45) is 5.73 Å². The molecule has 2 N–H and O–H groups in total. The Bertz CT molecular complexity index is 184. The minimum atomic E-state index is 0.128. The fraction of sp³-hybridized carbons (Fsp3) is 0.600. The molecule has 0 spiro atoms. The van der Waals surface area contributed by atoms with Crippen molar-refractivity contribution >= 4 is 0 Å². The van der Waals surface area contributed by atoms with Crippen LogP contribution >= 0.6 is 0 Å². The highest BCUT2D eigenvalue weighted by atomic mass is 16.5. The van der Waals surface area contributed by atoms with Gasteiger partial charge >= 0.3 is 0 Å². The van der Waals surface area contributed by atoms with Crippen LogP contribution in [-0.4, -0.2) is 12.6 Å². The number of nitrogens with two attached hydrogens (primary N) is 1. The molecule has 2 nitrogen and oxygen atoms in total. The number of hydrogen-bond acceptors (Lipinski definition) is 2. The highest BCUT2D eigenvalue weighted by molar-refractivity contribution is 5.15. The summed E-state index contributed by atoms with van der Waals surface area (Å²) in [6.07, 6.45) is 9.32. The van der Waals surface area contributed by atoms with E-state index in [0.29, 0.717) is 0 Å². The number of allylic oxidation sites excluding steroid dienone is 2. The van der Waals surface area contributed by atoms with E-state index in [1.165, 1.54) is 0 Å². The Morgan fingerprint density at radius 1 is 1.75 bits per heavy atom. The summed E-state index contributed by atoms with van der Waals surface area (Å²) >= 11 is 0. The van der Waals surface area contributed by atoms with Crippen LogP contribution in [0.2, 0.25) is 0 Å². The molecule has 0 saturated carbocycles. The van der Waals surface area contributed by atoms with Crippen LogP contribution < -0.4 is 5.73 Å². The number of ether oxygens (including phenoxy) is 1. The van der Waals surface area contributed by atoms with Crippen LogP contribution in [0.3, 0.4) is 0 Å². The van der Waals surface area contributed by atoms with Crippen molar-refractivity contribution in [2.45, 2.75) is 32.2 Å². The van der Waals surface area contributed by atoms with E-state index < -0.39 is 0 Å². The monoisotopic (exact) mass is 167 g/mol. The summed E-state index contributed by atoms with van der Waals surface area (Å²) in [4.78, 5) is 0. The molecular formula is C10H17NO. The molecule has 0 saturated heterocycles. The maximum atomic E-state index is 5.76. The first-order valence-electron chi connectivity index (χ1n) is 4.59. The summed E-state index contributed by atoms with van der Waals surface area (Å²) in [6.45, 7) is 2.89. The first-order chi connectivity index (χ1) is 5.83. The van der Waals surface area contributed by atoms with Crippen LogP contribution in [0.15, 0.2) is 24.0 Å². The van der Waals surface area contributed by atoms with Crippen LogP contribution in [0.5, 0.6) is 0 Å².